The molecule has 0 saturated carbocycles. The minimum atomic E-state index is -0.866. The summed E-state index contributed by atoms with van der Waals surface area (Å²) in [7, 11) is 1.32. The second kappa shape index (κ2) is 6.33. The summed E-state index contributed by atoms with van der Waals surface area (Å²) in [5.74, 6) is -2.09. The number of carbonyl (C=O) groups excluding carboxylic acids is 1. The van der Waals surface area contributed by atoms with Crippen molar-refractivity contribution in [3.05, 3.63) is 29.3 Å². The van der Waals surface area contributed by atoms with Gasteiger partial charge in [0.2, 0.25) is 0 Å². The molecule has 1 aromatic carbocycles. The molecule has 1 aromatic rings. The van der Waals surface area contributed by atoms with Gasteiger partial charge in [0.25, 0.3) is 0 Å². The van der Waals surface area contributed by atoms with Crippen molar-refractivity contribution in [1.29, 1.82) is 0 Å². The minimum Gasteiger partial charge on any atom is -0.497 e. The quantitative estimate of drug-likeness (QED) is 0.737. The lowest BCUT2D eigenvalue weighted by Gasteiger charge is -2.22. The van der Waals surface area contributed by atoms with Gasteiger partial charge in [-0.25, -0.2) is 8.78 Å². The van der Waals surface area contributed by atoms with Crippen LogP contribution in [0.15, 0.2) is 12.1 Å². The van der Waals surface area contributed by atoms with E-state index in [9.17, 15) is 13.6 Å². The molecule has 0 aliphatic heterocycles. The van der Waals surface area contributed by atoms with E-state index in [1.165, 1.54) is 7.11 Å². The Morgan fingerprint density at radius 1 is 1.25 bits per heavy atom. The van der Waals surface area contributed by atoms with Crippen LogP contribution in [0.4, 0.5) is 8.78 Å². The maximum atomic E-state index is 13.8. The summed E-state index contributed by atoms with van der Waals surface area (Å²) >= 11 is 0. The maximum Gasteiger partial charge on any atom is 0.169 e. The van der Waals surface area contributed by atoms with Crippen molar-refractivity contribution in [3.63, 3.8) is 0 Å². The van der Waals surface area contributed by atoms with E-state index in [4.69, 9.17) is 4.74 Å². The van der Waals surface area contributed by atoms with E-state index in [1.54, 1.807) is 0 Å². The molecule has 0 aromatic heterocycles. The number of methoxy groups -OCH3 is 1. The van der Waals surface area contributed by atoms with Crippen LogP contribution in [0.25, 0.3) is 0 Å². The zero-order valence-corrected chi connectivity index (χ0v) is 12.7. The Kier molecular flexibility index (Phi) is 5.26. The third-order valence-electron chi connectivity index (χ3n) is 3.02. The second-order valence-corrected chi connectivity index (χ2v) is 6.46. The van der Waals surface area contributed by atoms with E-state index in [0.717, 1.165) is 18.6 Å². The summed E-state index contributed by atoms with van der Waals surface area (Å²) in [6.45, 7) is 8.13. The highest BCUT2D eigenvalue weighted by atomic mass is 19.1. The van der Waals surface area contributed by atoms with E-state index < -0.39 is 23.0 Å². The SMILES string of the molecule is COc1cc(F)c(C(=O)CC(C)CC(C)(C)C)c(F)c1. The summed E-state index contributed by atoms with van der Waals surface area (Å²) < 4.78 is 32.4. The van der Waals surface area contributed by atoms with Gasteiger partial charge in [-0.2, -0.15) is 0 Å². The van der Waals surface area contributed by atoms with Crippen LogP contribution in [0.1, 0.15) is 50.9 Å². The third-order valence-corrected chi connectivity index (χ3v) is 3.02. The van der Waals surface area contributed by atoms with Crippen LogP contribution < -0.4 is 4.74 Å². The molecule has 0 N–H and O–H groups in total. The Hall–Kier alpha value is -1.45. The highest BCUT2D eigenvalue weighted by Crippen LogP contribution is 2.28. The lowest BCUT2D eigenvalue weighted by atomic mass is 9.83. The average Bonchev–Trinajstić information content (AvgIpc) is 2.24. The maximum absolute atomic E-state index is 13.8. The number of ketones is 1. The molecular formula is C16H22F2O2. The molecule has 0 bridgehead atoms. The molecule has 0 aliphatic rings. The van der Waals surface area contributed by atoms with Gasteiger partial charge in [0.15, 0.2) is 5.78 Å². The first-order chi connectivity index (χ1) is 9.14. The zero-order valence-electron chi connectivity index (χ0n) is 12.7. The van der Waals surface area contributed by atoms with Crippen LogP contribution in [-0.4, -0.2) is 12.9 Å². The lowest BCUT2D eigenvalue weighted by Crippen LogP contribution is -2.16. The molecule has 2 nitrogen and oxygen atoms in total. The number of carbonyl (C=O) groups is 1. The van der Waals surface area contributed by atoms with Gasteiger partial charge in [-0.1, -0.05) is 27.7 Å². The fourth-order valence-corrected chi connectivity index (χ4v) is 2.47. The smallest absolute Gasteiger partial charge is 0.169 e. The first kappa shape index (κ1) is 16.6. The summed E-state index contributed by atoms with van der Waals surface area (Å²) in [6.07, 6.45) is 0.954. The number of ether oxygens (including phenoxy) is 1. The van der Waals surface area contributed by atoms with Crippen LogP contribution >= 0.6 is 0 Å². The molecule has 0 amide bonds. The van der Waals surface area contributed by atoms with Crippen LogP contribution in [-0.2, 0) is 0 Å². The Morgan fingerprint density at radius 2 is 1.75 bits per heavy atom. The Morgan fingerprint density at radius 3 is 2.15 bits per heavy atom. The van der Waals surface area contributed by atoms with Gasteiger partial charge < -0.3 is 4.74 Å². The van der Waals surface area contributed by atoms with E-state index in [-0.39, 0.29) is 23.5 Å². The van der Waals surface area contributed by atoms with Crippen molar-refractivity contribution in [3.8, 4) is 5.75 Å². The fourth-order valence-electron chi connectivity index (χ4n) is 2.47. The van der Waals surface area contributed by atoms with E-state index in [2.05, 4.69) is 20.8 Å². The summed E-state index contributed by atoms with van der Waals surface area (Å²) in [5, 5.41) is 0. The number of rotatable bonds is 5. The number of benzene rings is 1. The second-order valence-electron chi connectivity index (χ2n) is 6.46. The summed E-state index contributed by atoms with van der Waals surface area (Å²) in [4.78, 5) is 12.1. The molecule has 0 fully saturated rings. The lowest BCUT2D eigenvalue weighted by molar-refractivity contribution is 0.0946. The molecule has 0 heterocycles. The molecule has 0 aliphatic carbocycles. The summed E-state index contributed by atoms with van der Waals surface area (Å²) in [6, 6.07) is 2.06. The largest absolute Gasteiger partial charge is 0.497 e. The van der Waals surface area contributed by atoms with Gasteiger partial charge in [-0.3, -0.25) is 4.79 Å². The normalized spacial score (nSPS) is 13.2. The molecular weight excluding hydrogens is 262 g/mol. The molecule has 1 unspecified atom stereocenters. The molecule has 4 heteroatoms. The van der Waals surface area contributed by atoms with Crippen LogP contribution in [0.2, 0.25) is 0 Å². The molecule has 112 valence electrons. The highest BCUT2D eigenvalue weighted by Gasteiger charge is 2.23. The monoisotopic (exact) mass is 284 g/mol. The van der Waals surface area contributed by atoms with Crippen LogP contribution in [0.5, 0.6) is 5.75 Å². The van der Waals surface area contributed by atoms with Gasteiger partial charge in [0, 0.05) is 18.6 Å². The van der Waals surface area contributed by atoms with E-state index >= 15 is 0 Å². The van der Waals surface area contributed by atoms with Gasteiger partial charge in [0.05, 0.1) is 12.7 Å². The van der Waals surface area contributed by atoms with Crippen LogP contribution in [0, 0.1) is 23.0 Å². The van der Waals surface area contributed by atoms with Crippen LogP contribution in [0.3, 0.4) is 0 Å². The van der Waals surface area contributed by atoms with Crippen molar-refractivity contribution < 1.29 is 18.3 Å². The molecule has 20 heavy (non-hydrogen) atoms. The highest BCUT2D eigenvalue weighted by molar-refractivity contribution is 5.96. The molecule has 0 saturated heterocycles. The van der Waals surface area contributed by atoms with Gasteiger partial charge >= 0.3 is 0 Å². The zero-order chi connectivity index (χ0) is 15.5. The number of halogens is 2. The molecule has 0 spiro atoms. The van der Waals surface area contributed by atoms with Gasteiger partial charge in [-0.05, 0) is 17.8 Å². The van der Waals surface area contributed by atoms with E-state index in [1.807, 2.05) is 6.92 Å². The van der Waals surface area contributed by atoms with Gasteiger partial charge in [-0.15, -0.1) is 0 Å². The van der Waals surface area contributed by atoms with Crippen molar-refractivity contribution in [2.75, 3.05) is 7.11 Å². The first-order valence-corrected chi connectivity index (χ1v) is 6.70. The number of Topliss-reactive ketones (excluding diaryl/α,β-unsaturated/α-hetero) is 1. The Balaban J connectivity index is 2.88. The Labute approximate surface area is 119 Å². The topological polar surface area (TPSA) is 26.3 Å². The first-order valence-electron chi connectivity index (χ1n) is 6.70. The summed E-state index contributed by atoms with van der Waals surface area (Å²) in [5.41, 5.74) is -0.386. The Bertz CT molecular complexity index is 467. The van der Waals surface area contributed by atoms with Gasteiger partial charge in [0.1, 0.15) is 17.4 Å². The molecule has 1 atom stereocenters. The minimum absolute atomic E-state index is 0.0688. The van der Waals surface area contributed by atoms with Crippen molar-refractivity contribution in [2.45, 2.75) is 40.5 Å². The van der Waals surface area contributed by atoms with E-state index in [0.29, 0.717) is 0 Å². The number of hydrogen-bond acceptors (Lipinski definition) is 2. The average molecular weight is 284 g/mol. The number of hydrogen-bond donors (Lipinski definition) is 0. The molecule has 1 rings (SSSR count). The standard InChI is InChI=1S/C16H22F2O2/c1-10(9-16(2,3)4)6-14(19)15-12(17)7-11(20-5)8-13(15)18/h7-8,10H,6,9H2,1-5H3. The predicted molar refractivity (Wildman–Crippen MR) is 75.1 cm³/mol. The van der Waals surface area contributed by atoms with Crippen molar-refractivity contribution >= 4 is 5.78 Å². The third kappa shape index (κ3) is 4.58. The fraction of sp³-hybridized carbons (Fsp3) is 0.562. The predicted octanol–water partition coefficient (Wildman–Crippen LogP) is 4.62. The van der Waals surface area contributed by atoms with Crippen molar-refractivity contribution in [1.82, 2.24) is 0 Å². The van der Waals surface area contributed by atoms with Crippen molar-refractivity contribution in [2.24, 2.45) is 11.3 Å². The molecule has 0 radical (unpaired) electrons.